The first-order valence-corrected chi connectivity index (χ1v) is 14.1. The number of nitrogens with zero attached hydrogens (tertiary/aromatic N) is 2. The Balaban J connectivity index is 1.38. The Morgan fingerprint density at radius 3 is 1.24 bits per heavy atom. The van der Waals surface area contributed by atoms with Crippen molar-refractivity contribution in [1.82, 2.24) is 0 Å². The molecule has 0 radical (unpaired) electrons. The lowest BCUT2D eigenvalue weighted by Gasteiger charge is -2.27. The number of anilines is 6. The molecule has 2 heteroatoms. The van der Waals surface area contributed by atoms with Gasteiger partial charge in [0, 0.05) is 34.1 Å². The lowest BCUT2D eigenvalue weighted by molar-refractivity contribution is 1.28. The third-order valence-electron chi connectivity index (χ3n) is 7.32. The van der Waals surface area contributed by atoms with E-state index in [4.69, 9.17) is 0 Å². The molecule has 2 nitrogen and oxygen atoms in total. The maximum absolute atomic E-state index is 3.97. The predicted molar refractivity (Wildman–Crippen MR) is 181 cm³/mol. The van der Waals surface area contributed by atoms with Crippen molar-refractivity contribution in [3.8, 4) is 11.1 Å². The molecule has 6 rings (SSSR count). The van der Waals surface area contributed by atoms with Gasteiger partial charge in [0.05, 0.1) is 0 Å². The summed E-state index contributed by atoms with van der Waals surface area (Å²) in [7, 11) is 0. The molecule has 0 heterocycles. The summed E-state index contributed by atoms with van der Waals surface area (Å²) in [5.41, 5.74) is 11.1. The molecule has 0 saturated carbocycles. The summed E-state index contributed by atoms with van der Waals surface area (Å²) >= 11 is 0. The van der Waals surface area contributed by atoms with E-state index in [1.807, 2.05) is 24.3 Å². The number of hydrogen-bond acceptors (Lipinski definition) is 2. The molecule has 0 N–H and O–H groups in total. The molecule has 0 fully saturated rings. The zero-order chi connectivity index (χ0) is 28.7. The highest BCUT2D eigenvalue weighted by molar-refractivity contribution is 5.82. The fourth-order valence-electron chi connectivity index (χ4n) is 5.26. The number of hydrogen-bond donors (Lipinski definition) is 0. The van der Waals surface area contributed by atoms with Gasteiger partial charge >= 0.3 is 0 Å². The second-order valence-corrected chi connectivity index (χ2v) is 10.0. The van der Waals surface area contributed by atoms with E-state index in [2.05, 4.69) is 169 Å². The summed E-state index contributed by atoms with van der Waals surface area (Å²) in [6.07, 6.45) is 3.77. The molecular weight excluding hydrogens is 508 g/mol. The zero-order valence-electron chi connectivity index (χ0n) is 23.5. The molecular formula is C40H32N2. The average Bonchev–Trinajstić information content (AvgIpc) is 3.07. The van der Waals surface area contributed by atoms with Crippen LogP contribution in [-0.4, -0.2) is 0 Å². The van der Waals surface area contributed by atoms with Crippen molar-refractivity contribution in [2.75, 3.05) is 9.80 Å². The van der Waals surface area contributed by atoms with E-state index >= 15 is 0 Å². The first kappa shape index (κ1) is 26.6. The number of benzene rings is 6. The quantitative estimate of drug-likeness (QED) is 0.180. The Labute approximate surface area is 248 Å². The number of para-hydroxylation sites is 2. The highest BCUT2D eigenvalue weighted by Gasteiger charge is 2.15. The third kappa shape index (κ3) is 5.65. The third-order valence-corrected chi connectivity index (χ3v) is 7.32. The van der Waals surface area contributed by atoms with Gasteiger partial charge in [0.2, 0.25) is 0 Å². The lowest BCUT2D eigenvalue weighted by atomic mass is 10.0. The van der Waals surface area contributed by atoms with Crippen LogP contribution in [-0.2, 0) is 0 Å². The van der Waals surface area contributed by atoms with Crippen LogP contribution in [0.5, 0.6) is 0 Å². The molecule has 0 atom stereocenters. The van der Waals surface area contributed by atoms with Gasteiger partial charge in [0.25, 0.3) is 0 Å². The SMILES string of the molecule is C=Cc1cccc(N(c2ccccc2)c2ccc(-c3cccc(N(c4ccccc4)c4cccc(C=C)c4)c3)cc2)c1. The fourth-order valence-corrected chi connectivity index (χ4v) is 5.26. The smallest absolute Gasteiger partial charge is 0.0467 e. The van der Waals surface area contributed by atoms with E-state index in [0.717, 1.165) is 56.4 Å². The van der Waals surface area contributed by atoms with Crippen LogP contribution in [0, 0.1) is 0 Å². The molecule has 0 unspecified atom stereocenters. The summed E-state index contributed by atoms with van der Waals surface area (Å²) in [5, 5.41) is 0. The van der Waals surface area contributed by atoms with E-state index in [-0.39, 0.29) is 0 Å². The molecule has 202 valence electrons. The summed E-state index contributed by atoms with van der Waals surface area (Å²) in [6.45, 7) is 7.93. The molecule has 0 aliphatic heterocycles. The molecule has 0 aliphatic carbocycles. The monoisotopic (exact) mass is 540 g/mol. The van der Waals surface area contributed by atoms with E-state index in [1.54, 1.807) is 0 Å². The topological polar surface area (TPSA) is 6.48 Å². The minimum absolute atomic E-state index is 1.08. The van der Waals surface area contributed by atoms with Gasteiger partial charge < -0.3 is 9.80 Å². The second-order valence-electron chi connectivity index (χ2n) is 10.0. The van der Waals surface area contributed by atoms with Crippen LogP contribution in [0.25, 0.3) is 23.3 Å². The number of rotatable bonds is 9. The van der Waals surface area contributed by atoms with E-state index in [1.165, 1.54) is 0 Å². The van der Waals surface area contributed by atoms with Gasteiger partial charge in [-0.2, -0.15) is 0 Å². The predicted octanol–water partition coefficient (Wildman–Crippen LogP) is 11.6. The minimum Gasteiger partial charge on any atom is -0.310 e. The average molecular weight is 541 g/mol. The summed E-state index contributed by atoms with van der Waals surface area (Å²) in [5.74, 6) is 0. The molecule has 0 aliphatic rings. The highest BCUT2D eigenvalue weighted by atomic mass is 15.1. The van der Waals surface area contributed by atoms with Crippen molar-refractivity contribution in [3.63, 3.8) is 0 Å². The van der Waals surface area contributed by atoms with Crippen LogP contribution in [0.1, 0.15) is 11.1 Å². The van der Waals surface area contributed by atoms with Crippen LogP contribution >= 0.6 is 0 Å². The molecule has 0 bridgehead atoms. The standard InChI is InChI=1S/C40H32N2/c1-3-31-14-11-21-38(28-31)41(35-17-7-5-8-18-35)37-26-24-33(25-27-37)34-16-13-23-40(30-34)42(36-19-9-6-10-20-36)39-22-12-15-32(4-2)29-39/h3-30H,1-2H2. The highest BCUT2D eigenvalue weighted by Crippen LogP contribution is 2.39. The Bertz CT molecular complexity index is 1800. The lowest BCUT2D eigenvalue weighted by Crippen LogP contribution is -2.10. The molecule has 0 spiro atoms. The Hall–Kier alpha value is -5.60. The summed E-state index contributed by atoms with van der Waals surface area (Å²) in [6, 6.07) is 55.3. The Kier molecular flexibility index (Phi) is 7.78. The van der Waals surface area contributed by atoms with Crippen molar-refractivity contribution in [2.45, 2.75) is 0 Å². The van der Waals surface area contributed by atoms with Crippen molar-refractivity contribution >= 4 is 46.3 Å². The maximum Gasteiger partial charge on any atom is 0.0467 e. The molecule has 0 amide bonds. The van der Waals surface area contributed by atoms with Crippen molar-refractivity contribution in [1.29, 1.82) is 0 Å². The molecule has 42 heavy (non-hydrogen) atoms. The van der Waals surface area contributed by atoms with E-state index < -0.39 is 0 Å². The van der Waals surface area contributed by atoms with E-state index in [0.29, 0.717) is 0 Å². The van der Waals surface area contributed by atoms with Gasteiger partial charge in [-0.25, -0.2) is 0 Å². The van der Waals surface area contributed by atoms with E-state index in [9.17, 15) is 0 Å². The minimum atomic E-state index is 1.08. The van der Waals surface area contributed by atoms with Crippen molar-refractivity contribution in [3.05, 3.63) is 182 Å². The molecule has 0 aromatic heterocycles. The maximum atomic E-state index is 3.97. The van der Waals surface area contributed by atoms with Gasteiger partial charge in [-0.05, 0) is 95.1 Å². The van der Waals surface area contributed by atoms with Gasteiger partial charge in [0.15, 0.2) is 0 Å². The van der Waals surface area contributed by atoms with Gasteiger partial charge in [-0.15, -0.1) is 0 Å². The second kappa shape index (κ2) is 12.3. The molecule has 6 aromatic carbocycles. The molecule has 0 saturated heterocycles. The van der Waals surface area contributed by atoms with Crippen molar-refractivity contribution < 1.29 is 0 Å². The van der Waals surface area contributed by atoms with Crippen LogP contribution in [0.3, 0.4) is 0 Å². The molecule has 6 aromatic rings. The van der Waals surface area contributed by atoms with Gasteiger partial charge in [-0.1, -0.05) is 110 Å². The Morgan fingerprint density at radius 1 is 0.333 bits per heavy atom. The normalized spacial score (nSPS) is 10.6. The summed E-state index contributed by atoms with van der Waals surface area (Å²) in [4.78, 5) is 4.56. The largest absolute Gasteiger partial charge is 0.310 e. The van der Waals surface area contributed by atoms with Gasteiger partial charge in [0.1, 0.15) is 0 Å². The first-order chi connectivity index (χ1) is 20.7. The zero-order valence-corrected chi connectivity index (χ0v) is 23.5. The first-order valence-electron chi connectivity index (χ1n) is 14.1. The summed E-state index contributed by atoms with van der Waals surface area (Å²) < 4.78 is 0. The van der Waals surface area contributed by atoms with Gasteiger partial charge in [-0.3, -0.25) is 0 Å². The fraction of sp³-hybridized carbons (Fsp3) is 0. The van der Waals surface area contributed by atoms with Crippen LogP contribution in [0.2, 0.25) is 0 Å². The van der Waals surface area contributed by atoms with Crippen molar-refractivity contribution in [2.24, 2.45) is 0 Å². The Morgan fingerprint density at radius 2 is 0.738 bits per heavy atom. The van der Waals surface area contributed by atoms with Crippen LogP contribution in [0.15, 0.2) is 171 Å². The van der Waals surface area contributed by atoms with Crippen LogP contribution < -0.4 is 9.80 Å². The van der Waals surface area contributed by atoms with Crippen LogP contribution in [0.4, 0.5) is 34.1 Å².